The van der Waals surface area contributed by atoms with Crippen molar-refractivity contribution in [2.45, 2.75) is 20.8 Å². The van der Waals surface area contributed by atoms with Crippen LogP contribution in [0.4, 0.5) is 11.4 Å². The molecule has 0 saturated heterocycles. The first-order valence-electron chi connectivity index (χ1n) is 9.80. The second-order valence-corrected chi connectivity index (χ2v) is 7.78. The van der Waals surface area contributed by atoms with Gasteiger partial charge in [0.2, 0.25) is 5.91 Å². The third kappa shape index (κ3) is 6.30. The van der Waals surface area contributed by atoms with Crippen LogP contribution in [0.3, 0.4) is 0 Å². The van der Waals surface area contributed by atoms with Gasteiger partial charge in [0.25, 0.3) is 0 Å². The lowest BCUT2D eigenvalue weighted by Crippen LogP contribution is -2.10. The molecule has 3 aromatic rings. The first-order chi connectivity index (χ1) is 14.8. The van der Waals surface area contributed by atoms with E-state index in [1.807, 2.05) is 13.8 Å². The number of amides is 1. The minimum Gasteiger partial charge on any atom is -0.462 e. The van der Waals surface area contributed by atoms with E-state index >= 15 is 0 Å². The number of furan rings is 1. The van der Waals surface area contributed by atoms with Gasteiger partial charge in [0.05, 0.1) is 29.1 Å². The maximum atomic E-state index is 12.3. The van der Waals surface area contributed by atoms with Crippen LogP contribution in [0.1, 0.15) is 36.9 Å². The van der Waals surface area contributed by atoms with Crippen LogP contribution in [-0.2, 0) is 9.53 Å². The Bertz CT molecular complexity index is 1100. The van der Waals surface area contributed by atoms with E-state index in [1.54, 1.807) is 60.8 Å². The Morgan fingerprint density at radius 3 is 2.55 bits per heavy atom. The second kappa shape index (κ2) is 10.1. The highest BCUT2D eigenvalue weighted by molar-refractivity contribution is 6.33. The summed E-state index contributed by atoms with van der Waals surface area (Å²) in [4.78, 5) is 27.8. The summed E-state index contributed by atoms with van der Waals surface area (Å²) in [5, 5.41) is 3.03. The van der Waals surface area contributed by atoms with Gasteiger partial charge in [0.1, 0.15) is 11.5 Å². The number of ether oxygens (including phenoxy) is 1. The molecule has 0 spiro atoms. The van der Waals surface area contributed by atoms with Crippen LogP contribution >= 0.6 is 11.6 Å². The average molecular weight is 439 g/mol. The number of hydrogen-bond donors (Lipinski definition) is 1. The maximum absolute atomic E-state index is 12.3. The summed E-state index contributed by atoms with van der Waals surface area (Å²) in [5.41, 5.74) is 2.43. The molecular weight excluding hydrogens is 416 g/mol. The number of hydrogen-bond acceptors (Lipinski definition) is 5. The predicted octanol–water partition coefficient (Wildman–Crippen LogP) is 6.12. The number of carbonyl (C=O) groups is 2. The Labute approximate surface area is 185 Å². The van der Waals surface area contributed by atoms with E-state index in [1.165, 1.54) is 6.92 Å². The molecule has 6 nitrogen and oxygen atoms in total. The van der Waals surface area contributed by atoms with E-state index < -0.39 is 5.97 Å². The summed E-state index contributed by atoms with van der Waals surface area (Å²) in [6, 6.07) is 15.8. The summed E-state index contributed by atoms with van der Waals surface area (Å²) < 4.78 is 11.1. The lowest BCUT2D eigenvalue weighted by Gasteiger charge is -2.09. The molecule has 0 fully saturated rings. The number of anilines is 1. The zero-order valence-corrected chi connectivity index (χ0v) is 18.3. The number of nitrogens with zero attached hydrogens (tertiary/aromatic N) is 1. The molecule has 0 aliphatic rings. The van der Waals surface area contributed by atoms with E-state index in [4.69, 9.17) is 20.8 Å². The topological polar surface area (TPSA) is 80.9 Å². The number of halogens is 1. The lowest BCUT2D eigenvalue weighted by molar-refractivity contribution is -0.114. The number of esters is 1. The minimum absolute atomic E-state index is 0.127. The number of rotatable bonds is 7. The van der Waals surface area contributed by atoms with Crippen LogP contribution in [0.5, 0.6) is 0 Å². The van der Waals surface area contributed by atoms with Crippen molar-refractivity contribution in [3.63, 3.8) is 0 Å². The molecule has 1 heterocycles. The van der Waals surface area contributed by atoms with Crippen molar-refractivity contribution in [3.05, 3.63) is 70.9 Å². The van der Waals surface area contributed by atoms with Crippen molar-refractivity contribution in [2.24, 2.45) is 10.9 Å². The normalized spacial score (nSPS) is 11.1. The fraction of sp³-hybridized carbons (Fsp3) is 0.208. The minimum atomic E-state index is -0.461. The van der Waals surface area contributed by atoms with Crippen molar-refractivity contribution in [1.82, 2.24) is 0 Å². The number of carbonyl (C=O) groups excluding carboxylic acids is 2. The zero-order valence-electron chi connectivity index (χ0n) is 17.5. The van der Waals surface area contributed by atoms with Gasteiger partial charge >= 0.3 is 5.97 Å². The van der Waals surface area contributed by atoms with Crippen molar-refractivity contribution >= 4 is 41.1 Å². The monoisotopic (exact) mass is 438 g/mol. The molecule has 31 heavy (non-hydrogen) atoms. The summed E-state index contributed by atoms with van der Waals surface area (Å²) >= 11 is 6.18. The van der Waals surface area contributed by atoms with Crippen LogP contribution in [0.2, 0.25) is 5.02 Å². The molecule has 1 N–H and O–H groups in total. The summed E-state index contributed by atoms with van der Waals surface area (Å²) in [5.74, 6) is 0.783. The predicted molar refractivity (Wildman–Crippen MR) is 122 cm³/mol. The molecule has 160 valence electrons. The Balaban J connectivity index is 1.73. The molecule has 7 heteroatoms. The molecule has 1 amide bonds. The fourth-order valence-corrected chi connectivity index (χ4v) is 2.90. The zero-order chi connectivity index (χ0) is 22.4. The third-order valence-corrected chi connectivity index (χ3v) is 4.50. The molecule has 1 aromatic heterocycles. The molecule has 3 rings (SSSR count). The molecule has 0 bridgehead atoms. The Kier molecular flexibility index (Phi) is 7.26. The maximum Gasteiger partial charge on any atom is 0.339 e. The number of aliphatic imine (C=N–C) groups is 1. The summed E-state index contributed by atoms with van der Waals surface area (Å²) in [6.45, 7) is 5.72. The van der Waals surface area contributed by atoms with E-state index in [2.05, 4.69) is 10.3 Å². The molecular formula is C24H23ClN2O4. The highest BCUT2D eigenvalue weighted by Gasteiger charge is 2.15. The summed E-state index contributed by atoms with van der Waals surface area (Å²) in [7, 11) is 0. The highest BCUT2D eigenvalue weighted by Crippen LogP contribution is 2.27. The van der Waals surface area contributed by atoms with Crippen LogP contribution in [-0.4, -0.2) is 24.7 Å². The van der Waals surface area contributed by atoms with Crippen LogP contribution in [0, 0.1) is 5.92 Å². The molecule has 0 atom stereocenters. The van der Waals surface area contributed by atoms with Crippen LogP contribution in [0.25, 0.3) is 11.3 Å². The van der Waals surface area contributed by atoms with Crippen molar-refractivity contribution < 1.29 is 18.7 Å². The lowest BCUT2D eigenvalue weighted by atomic mass is 10.1. The molecule has 2 aromatic carbocycles. The van der Waals surface area contributed by atoms with E-state index in [9.17, 15) is 9.59 Å². The van der Waals surface area contributed by atoms with Gasteiger partial charge in [-0.2, -0.15) is 0 Å². The third-order valence-electron chi connectivity index (χ3n) is 4.17. The van der Waals surface area contributed by atoms with Gasteiger partial charge in [0, 0.05) is 18.2 Å². The van der Waals surface area contributed by atoms with E-state index in [0.29, 0.717) is 45.7 Å². The largest absolute Gasteiger partial charge is 0.462 e. The molecule has 0 saturated carbocycles. The molecule has 0 unspecified atom stereocenters. The SMILES string of the molecule is CC(=O)Nc1ccc(N=Cc2ccc(-c3ccc(Cl)c(C(=O)OCC(C)C)c3)o2)cc1. The van der Waals surface area contributed by atoms with Crippen molar-refractivity contribution in [1.29, 1.82) is 0 Å². The molecule has 0 aliphatic heterocycles. The molecule has 0 aliphatic carbocycles. The van der Waals surface area contributed by atoms with E-state index in [-0.39, 0.29) is 11.8 Å². The quantitative estimate of drug-likeness (QED) is 0.355. The van der Waals surface area contributed by atoms with Gasteiger partial charge in [-0.15, -0.1) is 0 Å². The Morgan fingerprint density at radius 2 is 1.87 bits per heavy atom. The molecule has 0 radical (unpaired) electrons. The summed E-state index contributed by atoms with van der Waals surface area (Å²) in [6.07, 6.45) is 1.60. The van der Waals surface area contributed by atoms with Gasteiger partial charge in [0.15, 0.2) is 0 Å². The number of nitrogens with one attached hydrogen (secondary N) is 1. The first-order valence-corrected chi connectivity index (χ1v) is 10.2. The van der Waals surface area contributed by atoms with E-state index in [0.717, 1.165) is 0 Å². The van der Waals surface area contributed by atoms with Gasteiger partial charge in [-0.3, -0.25) is 9.79 Å². The highest BCUT2D eigenvalue weighted by atomic mass is 35.5. The second-order valence-electron chi connectivity index (χ2n) is 7.38. The first kappa shape index (κ1) is 22.3. The Hall–Kier alpha value is -3.38. The fourth-order valence-electron chi connectivity index (χ4n) is 2.70. The van der Waals surface area contributed by atoms with Gasteiger partial charge in [-0.25, -0.2) is 4.79 Å². The van der Waals surface area contributed by atoms with Crippen LogP contribution < -0.4 is 5.32 Å². The Morgan fingerprint density at radius 1 is 1.13 bits per heavy atom. The van der Waals surface area contributed by atoms with Crippen LogP contribution in [0.15, 0.2) is 64.0 Å². The van der Waals surface area contributed by atoms with Crippen molar-refractivity contribution in [2.75, 3.05) is 11.9 Å². The smallest absolute Gasteiger partial charge is 0.339 e. The van der Waals surface area contributed by atoms with Gasteiger partial charge < -0.3 is 14.5 Å². The van der Waals surface area contributed by atoms with Crippen molar-refractivity contribution in [3.8, 4) is 11.3 Å². The average Bonchev–Trinajstić information content (AvgIpc) is 3.20. The standard InChI is InChI=1S/C24H23ClN2O4/c1-15(2)14-30-24(29)21-12-17(4-10-22(21)25)23-11-9-20(31-23)13-26-18-5-7-19(8-6-18)27-16(3)28/h4-13,15H,14H2,1-3H3,(H,27,28). The van der Waals surface area contributed by atoms with Gasteiger partial charge in [-0.05, 0) is 60.5 Å². The number of benzene rings is 2. The van der Waals surface area contributed by atoms with Gasteiger partial charge in [-0.1, -0.05) is 25.4 Å².